The lowest BCUT2D eigenvalue weighted by Crippen LogP contribution is -2.53. The van der Waals surface area contributed by atoms with Crippen molar-refractivity contribution in [2.75, 3.05) is 13.1 Å². The van der Waals surface area contributed by atoms with Crippen molar-refractivity contribution >= 4 is 0 Å². The molecule has 19 heavy (non-hydrogen) atoms. The van der Waals surface area contributed by atoms with E-state index < -0.39 is 0 Å². The fraction of sp³-hybridized carbons (Fsp3) is 0.625. The predicted octanol–water partition coefficient (Wildman–Crippen LogP) is 1.73. The molecule has 0 aromatic heterocycles. The molecule has 0 spiro atoms. The molecule has 1 saturated heterocycles. The van der Waals surface area contributed by atoms with E-state index in [4.69, 9.17) is 5.73 Å². The number of hydrogen-bond acceptors (Lipinski definition) is 3. The van der Waals surface area contributed by atoms with Crippen molar-refractivity contribution in [3.8, 4) is 0 Å². The SMILES string of the molecule is NC1CC(NC2CCN(Cc3ccccc3)CC2)C1. The Kier molecular flexibility index (Phi) is 4.16. The van der Waals surface area contributed by atoms with Crippen LogP contribution in [0.5, 0.6) is 0 Å². The van der Waals surface area contributed by atoms with Crippen molar-refractivity contribution in [1.82, 2.24) is 10.2 Å². The standard InChI is InChI=1S/C16H25N3/c17-14-10-16(11-14)18-15-6-8-19(9-7-15)12-13-4-2-1-3-5-13/h1-5,14-16,18H,6-12,17H2. The molecule has 0 atom stereocenters. The van der Waals surface area contributed by atoms with Gasteiger partial charge in [0.1, 0.15) is 0 Å². The summed E-state index contributed by atoms with van der Waals surface area (Å²) in [6, 6.07) is 12.6. The molecule has 0 bridgehead atoms. The minimum absolute atomic E-state index is 0.454. The molecule has 3 rings (SSSR count). The normalized spacial score (nSPS) is 29.1. The van der Waals surface area contributed by atoms with Crippen LogP contribution in [-0.2, 0) is 6.54 Å². The van der Waals surface area contributed by atoms with E-state index in [1.807, 2.05) is 0 Å². The largest absolute Gasteiger partial charge is 0.328 e. The van der Waals surface area contributed by atoms with Crippen LogP contribution in [0.25, 0.3) is 0 Å². The number of nitrogens with zero attached hydrogens (tertiary/aromatic N) is 1. The minimum Gasteiger partial charge on any atom is -0.328 e. The highest BCUT2D eigenvalue weighted by Gasteiger charge is 2.29. The second kappa shape index (κ2) is 6.04. The summed E-state index contributed by atoms with van der Waals surface area (Å²) < 4.78 is 0. The summed E-state index contributed by atoms with van der Waals surface area (Å²) in [5.41, 5.74) is 7.26. The number of hydrogen-bond donors (Lipinski definition) is 2. The third-order valence-corrected chi connectivity index (χ3v) is 4.48. The maximum absolute atomic E-state index is 5.83. The van der Waals surface area contributed by atoms with Crippen molar-refractivity contribution in [3.05, 3.63) is 35.9 Å². The molecule has 1 heterocycles. The Morgan fingerprint density at radius 1 is 1.05 bits per heavy atom. The zero-order valence-electron chi connectivity index (χ0n) is 11.6. The molecule has 2 aliphatic rings. The summed E-state index contributed by atoms with van der Waals surface area (Å²) in [6.07, 6.45) is 4.89. The Labute approximate surface area is 116 Å². The molecule has 2 fully saturated rings. The van der Waals surface area contributed by atoms with Crippen LogP contribution >= 0.6 is 0 Å². The summed E-state index contributed by atoms with van der Waals surface area (Å²) >= 11 is 0. The first-order valence-electron chi connectivity index (χ1n) is 7.57. The van der Waals surface area contributed by atoms with E-state index in [1.165, 1.54) is 44.3 Å². The Hall–Kier alpha value is -0.900. The highest BCUT2D eigenvalue weighted by atomic mass is 15.1. The van der Waals surface area contributed by atoms with Crippen molar-refractivity contribution in [3.63, 3.8) is 0 Å². The summed E-state index contributed by atoms with van der Waals surface area (Å²) in [5, 5.41) is 3.76. The molecular weight excluding hydrogens is 234 g/mol. The van der Waals surface area contributed by atoms with E-state index in [2.05, 4.69) is 40.5 Å². The molecule has 0 amide bonds. The average molecular weight is 259 g/mol. The van der Waals surface area contributed by atoms with Gasteiger partial charge in [0.25, 0.3) is 0 Å². The van der Waals surface area contributed by atoms with Crippen LogP contribution in [0.4, 0.5) is 0 Å². The first-order chi connectivity index (χ1) is 9.29. The van der Waals surface area contributed by atoms with E-state index in [-0.39, 0.29) is 0 Å². The average Bonchev–Trinajstić information content (AvgIpc) is 2.40. The summed E-state index contributed by atoms with van der Waals surface area (Å²) in [6.45, 7) is 3.53. The van der Waals surface area contributed by atoms with Crippen LogP contribution in [0.15, 0.2) is 30.3 Å². The van der Waals surface area contributed by atoms with Crippen LogP contribution in [0, 0.1) is 0 Å². The molecule has 3 nitrogen and oxygen atoms in total. The van der Waals surface area contributed by atoms with Crippen LogP contribution in [0.1, 0.15) is 31.2 Å². The lowest BCUT2D eigenvalue weighted by atomic mass is 9.86. The zero-order valence-corrected chi connectivity index (χ0v) is 11.6. The highest BCUT2D eigenvalue weighted by Crippen LogP contribution is 2.21. The smallest absolute Gasteiger partial charge is 0.0233 e. The van der Waals surface area contributed by atoms with Crippen LogP contribution in [-0.4, -0.2) is 36.1 Å². The third kappa shape index (κ3) is 3.56. The molecule has 1 aromatic rings. The minimum atomic E-state index is 0.454. The van der Waals surface area contributed by atoms with Crippen molar-refractivity contribution in [2.45, 2.75) is 50.4 Å². The first kappa shape index (κ1) is 13.1. The number of nitrogens with two attached hydrogens (primary N) is 1. The lowest BCUT2D eigenvalue weighted by molar-refractivity contribution is 0.166. The second-order valence-corrected chi connectivity index (χ2v) is 6.13. The first-order valence-corrected chi connectivity index (χ1v) is 7.57. The van der Waals surface area contributed by atoms with Gasteiger partial charge in [0.2, 0.25) is 0 Å². The van der Waals surface area contributed by atoms with Gasteiger partial charge in [-0.05, 0) is 44.3 Å². The van der Waals surface area contributed by atoms with Crippen LogP contribution in [0.3, 0.4) is 0 Å². The van der Waals surface area contributed by atoms with E-state index in [0.29, 0.717) is 18.1 Å². The second-order valence-electron chi connectivity index (χ2n) is 6.13. The maximum Gasteiger partial charge on any atom is 0.0233 e. The molecular formula is C16H25N3. The van der Waals surface area contributed by atoms with Crippen molar-refractivity contribution in [2.24, 2.45) is 5.73 Å². The number of likely N-dealkylation sites (tertiary alicyclic amines) is 1. The maximum atomic E-state index is 5.83. The molecule has 1 aliphatic heterocycles. The Morgan fingerprint density at radius 3 is 2.37 bits per heavy atom. The topological polar surface area (TPSA) is 41.3 Å². The van der Waals surface area contributed by atoms with Gasteiger partial charge in [-0.25, -0.2) is 0 Å². The van der Waals surface area contributed by atoms with Gasteiger partial charge in [-0.15, -0.1) is 0 Å². The van der Waals surface area contributed by atoms with E-state index in [0.717, 1.165) is 6.54 Å². The molecule has 1 aliphatic carbocycles. The van der Waals surface area contributed by atoms with Gasteiger partial charge in [0, 0.05) is 24.7 Å². The Bertz CT molecular complexity index is 378. The van der Waals surface area contributed by atoms with Crippen LogP contribution in [0.2, 0.25) is 0 Å². The van der Waals surface area contributed by atoms with Gasteiger partial charge >= 0.3 is 0 Å². The number of benzene rings is 1. The summed E-state index contributed by atoms with van der Waals surface area (Å²) in [4.78, 5) is 2.57. The molecule has 3 heteroatoms. The van der Waals surface area contributed by atoms with E-state index in [1.54, 1.807) is 0 Å². The van der Waals surface area contributed by atoms with Crippen molar-refractivity contribution < 1.29 is 0 Å². The summed E-state index contributed by atoms with van der Waals surface area (Å²) in [7, 11) is 0. The van der Waals surface area contributed by atoms with Gasteiger partial charge in [-0.1, -0.05) is 30.3 Å². The zero-order chi connectivity index (χ0) is 13.1. The number of nitrogens with one attached hydrogen (secondary N) is 1. The molecule has 0 radical (unpaired) electrons. The molecule has 104 valence electrons. The van der Waals surface area contributed by atoms with Gasteiger partial charge < -0.3 is 11.1 Å². The van der Waals surface area contributed by atoms with E-state index >= 15 is 0 Å². The van der Waals surface area contributed by atoms with Gasteiger partial charge in [-0.3, -0.25) is 4.90 Å². The monoisotopic (exact) mass is 259 g/mol. The molecule has 1 saturated carbocycles. The van der Waals surface area contributed by atoms with Crippen LogP contribution < -0.4 is 11.1 Å². The molecule has 3 N–H and O–H groups in total. The molecule has 1 aromatic carbocycles. The summed E-state index contributed by atoms with van der Waals surface area (Å²) in [5.74, 6) is 0. The Morgan fingerprint density at radius 2 is 1.74 bits per heavy atom. The van der Waals surface area contributed by atoms with Gasteiger partial charge in [0.15, 0.2) is 0 Å². The lowest BCUT2D eigenvalue weighted by Gasteiger charge is -2.39. The molecule has 0 unspecified atom stereocenters. The third-order valence-electron chi connectivity index (χ3n) is 4.48. The van der Waals surface area contributed by atoms with Crippen molar-refractivity contribution in [1.29, 1.82) is 0 Å². The van der Waals surface area contributed by atoms with E-state index in [9.17, 15) is 0 Å². The predicted molar refractivity (Wildman–Crippen MR) is 78.9 cm³/mol. The quantitative estimate of drug-likeness (QED) is 0.865. The Balaban J connectivity index is 1.40. The fourth-order valence-electron chi connectivity index (χ4n) is 3.23. The highest BCUT2D eigenvalue weighted by molar-refractivity contribution is 5.14. The van der Waals surface area contributed by atoms with Gasteiger partial charge in [-0.2, -0.15) is 0 Å². The fourth-order valence-corrected chi connectivity index (χ4v) is 3.23. The van der Waals surface area contributed by atoms with Gasteiger partial charge in [0.05, 0.1) is 0 Å². The number of rotatable bonds is 4. The number of piperidine rings is 1.